The second-order valence-corrected chi connectivity index (χ2v) is 8.82. The van der Waals surface area contributed by atoms with E-state index >= 15 is 0 Å². The molecule has 1 atom stereocenters. The average Bonchev–Trinajstić information content (AvgIpc) is 3.44. The summed E-state index contributed by atoms with van der Waals surface area (Å²) in [7, 11) is 0. The molecule has 0 spiro atoms. The molecule has 33 heavy (non-hydrogen) atoms. The lowest BCUT2D eigenvalue weighted by atomic mass is 10.1. The Balaban J connectivity index is 0.00000259. The van der Waals surface area contributed by atoms with Gasteiger partial charge in [-0.3, -0.25) is 9.48 Å². The Hall–Kier alpha value is -3.29. The van der Waals surface area contributed by atoms with Gasteiger partial charge >= 0.3 is 0 Å². The molecule has 2 aliphatic heterocycles. The van der Waals surface area contributed by atoms with Crippen LogP contribution in [0.3, 0.4) is 0 Å². The molecule has 0 unspecified atom stereocenters. The van der Waals surface area contributed by atoms with Crippen LogP contribution in [0.5, 0.6) is 0 Å². The average molecular weight is 451 g/mol. The number of carbonyl (C=O) groups excluding carboxylic acids is 1. The van der Waals surface area contributed by atoms with Crippen LogP contribution in [0.1, 0.15) is 51.1 Å². The molecule has 0 bridgehead atoms. The molecule has 3 aromatic rings. The van der Waals surface area contributed by atoms with Gasteiger partial charge in [-0.05, 0) is 56.4 Å². The lowest BCUT2D eigenvalue weighted by Crippen LogP contribution is -2.53. The first-order valence-electron chi connectivity index (χ1n) is 11.2. The maximum atomic E-state index is 13.1. The molecule has 8 heteroatoms. The lowest BCUT2D eigenvalue weighted by Gasteiger charge is -2.40. The first kappa shape index (κ1) is 22.9. The second-order valence-electron chi connectivity index (χ2n) is 8.82. The zero-order valence-corrected chi connectivity index (χ0v) is 18.4. The van der Waals surface area contributed by atoms with E-state index in [1.54, 1.807) is 12.1 Å². The molecule has 0 N–H and O–H groups in total. The summed E-state index contributed by atoms with van der Waals surface area (Å²) in [5, 5.41) is 4.43. The standard InChI is InChI=1S/C24H27FN6O.CH4/c1-16(2)31-21-13-26-22(28-23(21)30-11-3-4-20(30)24(31)32)10-7-18-12-27-29(15-18)14-17-5-8-19(25)9-6-17;/h5-6,8-9,12-13,15-16,20H,3-4,7,10-11,14H2,1-2H3;1H4/t20-;/m1./s1. The van der Waals surface area contributed by atoms with Gasteiger partial charge in [-0.25, -0.2) is 14.4 Å². The number of amides is 1. The number of aromatic nitrogens is 4. The van der Waals surface area contributed by atoms with Crippen molar-refractivity contribution in [3.05, 3.63) is 65.6 Å². The molecule has 1 aromatic carbocycles. The molecule has 2 aromatic heterocycles. The largest absolute Gasteiger partial charge is 0.343 e. The fraction of sp³-hybridized carbons (Fsp3) is 0.440. The highest BCUT2D eigenvalue weighted by Gasteiger charge is 2.42. The third-order valence-corrected chi connectivity index (χ3v) is 6.21. The number of anilines is 2. The topological polar surface area (TPSA) is 67.2 Å². The van der Waals surface area contributed by atoms with Gasteiger partial charge in [0.1, 0.15) is 23.4 Å². The summed E-state index contributed by atoms with van der Waals surface area (Å²) in [5.41, 5.74) is 2.92. The SMILES string of the molecule is C.CC(C)N1C(=O)[C@H]2CCCN2c2nc(CCc3cnn(Cc4ccc(F)cc4)c3)ncc21. The van der Waals surface area contributed by atoms with E-state index in [2.05, 4.69) is 15.0 Å². The Labute approximate surface area is 194 Å². The molecule has 1 saturated heterocycles. The molecule has 4 heterocycles. The van der Waals surface area contributed by atoms with E-state index in [0.717, 1.165) is 54.3 Å². The van der Waals surface area contributed by atoms with E-state index in [4.69, 9.17) is 4.98 Å². The number of hydrogen-bond donors (Lipinski definition) is 0. The maximum absolute atomic E-state index is 13.1. The molecular weight excluding hydrogens is 419 g/mol. The van der Waals surface area contributed by atoms with E-state index in [-0.39, 0.29) is 31.2 Å². The molecule has 1 fully saturated rings. The van der Waals surface area contributed by atoms with Gasteiger partial charge in [0.05, 0.1) is 18.9 Å². The number of halogens is 1. The monoisotopic (exact) mass is 450 g/mol. The van der Waals surface area contributed by atoms with Crippen LogP contribution in [0.15, 0.2) is 42.9 Å². The minimum absolute atomic E-state index is 0. The summed E-state index contributed by atoms with van der Waals surface area (Å²) in [4.78, 5) is 26.4. The van der Waals surface area contributed by atoms with Crippen molar-refractivity contribution in [2.24, 2.45) is 0 Å². The number of rotatable bonds is 6. The predicted molar refractivity (Wildman–Crippen MR) is 127 cm³/mol. The number of hydrogen-bond acceptors (Lipinski definition) is 5. The van der Waals surface area contributed by atoms with Crippen LogP contribution in [0.4, 0.5) is 15.9 Å². The number of fused-ring (bicyclic) bond motifs is 3. The van der Waals surface area contributed by atoms with Crippen molar-refractivity contribution in [1.29, 1.82) is 0 Å². The van der Waals surface area contributed by atoms with Crippen molar-refractivity contribution in [3.63, 3.8) is 0 Å². The Kier molecular flexibility index (Phi) is 6.44. The minimum Gasteiger partial charge on any atom is -0.343 e. The summed E-state index contributed by atoms with van der Waals surface area (Å²) >= 11 is 0. The number of aryl methyl sites for hydroxylation is 2. The second kappa shape index (κ2) is 9.29. The number of nitrogens with zero attached hydrogens (tertiary/aromatic N) is 6. The molecule has 2 aliphatic rings. The summed E-state index contributed by atoms with van der Waals surface area (Å²) in [6.45, 7) is 5.53. The van der Waals surface area contributed by atoms with Gasteiger partial charge in [-0.15, -0.1) is 0 Å². The Morgan fingerprint density at radius 3 is 2.67 bits per heavy atom. The third-order valence-electron chi connectivity index (χ3n) is 6.21. The molecule has 0 radical (unpaired) electrons. The molecule has 174 valence electrons. The Bertz CT molecular complexity index is 1130. The zero-order chi connectivity index (χ0) is 22.2. The van der Waals surface area contributed by atoms with Gasteiger partial charge in [0, 0.05) is 25.2 Å². The molecule has 5 rings (SSSR count). The molecule has 1 amide bonds. The highest BCUT2D eigenvalue weighted by molar-refractivity contribution is 6.05. The number of carbonyl (C=O) groups is 1. The predicted octanol–water partition coefficient (Wildman–Crippen LogP) is 4.01. The van der Waals surface area contributed by atoms with E-state index in [1.165, 1.54) is 12.1 Å². The molecule has 0 saturated carbocycles. The van der Waals surface area contributed by atoms with Crippen molar-refractivity contribution < 1.29 is 9.18 Å². The van der Waals surface area contributed by atoms with Crippen molar-refractivity contribution in [1.82, 2.24) is 19.7 Å². The number of benzene rings is 1. The fourth-order valence-electron chi connectivity index (χ4n) is 4.65. The van der Waals surface area contributed by atoms with Crippen LogP contribution in [0.2, 0.25) is 0 Å². The van der Waals surface area contributed by atoms with E-state index in [1.807, 2.05) is 42.0 Å². The van der Waals surface area contributed by atoms with Crippen LogP contribution in [0.25, 0.3) is 0 Å². The summed E-state index contributed by atoms with van der Waals surface area (Å²) in [6, 6.07) is 6.45. The summed E-state index contributed by atoms with van der Waals surface area (Å²) in [6.07, 6.45) is 9.04. The van der Waals surface area contributed by atoms with Gasteiger partial charge < -0.3 is 9.80 Å². The van der Waals surface area contributed by atoms with Crippen LogP contribution >= 0.6 is 0 Å². The van der Waals surface area contributed by atoms with Crippen LogP contribution in [-0.2, 0) is 24.2 Å². The van der Waals surface area contributed by atoms with Crippen LogP contribution in [0, 0.1) is 5.82 Å². The smallest absolute Gasteiger partial charge is 0.250 e. The van der Waals surface area contributed by atoms with Crippen LogP contribution < -0.4 is 9.80 Å². The highest BCUT2D eigenvalue weighted by Crippen LogP contribution is 2.39. The van der Waals surface area contributed by atoms with E-state index in [9.17, 15) is 9.18 Å². The molecular formula is C25H31FN6O. The van der Waals surface area contributed by atoms with E-state index < -0.39 is 0 Å². The first-order chi connectivity index (χ1) is 15.5. The molecule has 0 aliphatic carbocycles. The van der Waals surface area contributed by atoms with Gasteiger partial charge in [0.25, 0.3) is 0 Å². The zero-order valence-electron chi connectivity index (χ0n) is 18.4. The third kappa shape index (κ3) is 4.47. The van der Waals surface area contributed by atoms with E-state index in [0.29, 0.717) is 13.0 Å². The van der Waals surface area contributed by atoms with Gasteiger partial charge in [0.15, 0.2) is 5.82 Å². The van der Waals surface area contributed by atoms with Gasteiger partial charge in [-0.1, -0.05) is 19.6 Å². The Morgan fingerprint density at radius 2 is 1.91 bits per heavy atom. The first-order valence-corrected chi connectivity index (χ1v) is 11.2. The van der Waals surface area contributed by atoms with Crippen LogP contribution in [-0.4, -0.2) is 44.3 Å². The maximum Gasteiger partial charge on any atom is 0.250 e. The minimum atomic E-state index is -0.235. The van der Waals surface area contributed by atoms with Crippen molar-refractivity contribution in [2.45, 2.75) is 65.6 Å². The summed E-state index contributed by atoms with van der Waals surface area (Å²) < 4.78 is 15.0. The Morgan fingerprint density at radius 1 is 1.12 bits per heavy atom. The van der Waals surface area contributed by atoms with Crippen molar-refractivity contribution >= 4 is 17.4 Å². The lowest BCUT2D eigenvalue weighted by molar-refractivity contribution is -0.120. The summed E-state index contributed by atoms with van der Waals surface area (Å²) in [5.74, 6) is 1.59. The fourth-order valence-corrected chi connectivity index (χ4v) is 4.65. The van der Waals surface area contributed by atoms with Crippen molar-refractivity contribution in [2.75, 3.05) is 16.3 Å². The highest BCUT2D eigenvalue weighted by atomic mass is 19.1. The van der Waals surface area contributed by atoms with Gasteiger partial charge in [-0.2, -0.15) is 5.10 Å². The normalized spacial score (nSPS) is 17.2. The molecule has 7 nitrogen and oxygen atoms in total. The van der Waals surface area contributed by atoms with Crippen molar-refractivity contribution in [3.8, 4) is 0 Å². The van der Waals surface area contributed by atoms with Gasteiger partial charge in [0.2, 0.25) is 5.91 Å². The quantitative estimate of drug-likeness (QED) is 0.568.